The van der Waals surface area contributed by atoms with Crippen LogP contribution >= 0.6 is 12.2 Å². The van der Waals surface area contributed by atoms with Crippen LogP contribution in [0.1, 0.15) is 5.56 Å². The number of thiocarbonyl (C=S) groups is 1. The molecular weight excluding hydrogens is 268 g/mol. The van der Waals surface area contributed by atoms with Crippen molar-refractivity contribution in [2.45, 2.75) is 0 Å². The van der Waals surface area contributed by atoms with E-state index in [1.807, 2.05) is 0 Å². The maximum Gasteiger partial charge on any atom is 0.311 e. The molecule has 0 aliphatic rings. The number of nitro groups is 1. The number of hydrogen-bond acceptors (Lipinski definition) is 4. The van der Waals surface area contributed by atoms with Gasteiger partial charge in [-0.2, -0.15) is 0 Å². The van der Waals surface area contributed by atoms with Gasteiger partial charge in [-0.25, -0.2) is 0 Å². The number of aromatic hydroxyl groups is 1. The van der Waals surface area contributed by atoms with Crippen molar-refractivity contribution in [1.29, 1.82) is 0 Å². The van der Waals surface area contributed by atoms with Crippen LogP contribution in [-0.4, -0.2) is 27.9 Å². The predicted octanol–water partition coefficient (Wildman–Crippen LogP) is -0.635. The molecule has 0 saturated heterocycles. The lowest BCUT2D eigenvalue weighted by molar-refractivity contribution is -0.500. The Kier molecular flexibility index (Phi) is 5.42. The van der Waals surface area contributed by atoms with Gasteiger partial charge in [0.25, 0.3) is 0 Å². The number of hydrogen-bond donors (Lipinski definition) is 4. The zero-order valence-corrected chi connectivity index (χ0v) is 10.7. The summed E-state index contributed by atoms with van der Waals surface area (Å²) in [5.74, 6) is -0.377. The molecule has 0 saturated carbocycles. The van der Waals surface area contributed by atoms with Gasteiger partial charge in [0, 0.05) is 18.2 Å². The molecule has 0 fully saturated rings. The molecule has 8 heteroatoms. The van der Waals surface area contributed by atoms with Gasteiger partial charge >= 0.3 is 5.69 Å². The highest BCUT2D eigenvalue weighted by atomic mass is 32.1. The number of nitrogens with one attached hydrogen (secondary N) is 3. The lowest BCUT2D eigenvalue weighted by Crippen LogP contribution is -2.82. The number of hydrazone groups is 1. The quantitative estimate of drug-likeness (QED) is 0.188. The molecule has 0 bridgehead atoms. The molecule has 0 spiro atoms. The van der Waals surface area contributed by atoms with Crippen molar-refractivity contribution in [2.24, 2.45) is 0 Å². The number of hydrazine groups is 1. The number of rotatable bonds is 5. The summed E-state index contributed by atoms with van der Waals surface area (Å²) in [6.45, 7) is 4.06. The first kappa shape index (κ1) is 14.6. The molecule has 0 aliphatic carbocycles. The maximum atomic E-state index is 10.6. The zero-order valence-electron chi connectivity index (χ0n) is 9.92. The molecule has 7 nitrogen and oxygen atoms in total. The first-order chi connectivity index (χ1) is 9.04. The molecule has 19 heavy (non-hydrogen) atoms. The molecule has 100 valence electrons. The van der Waals surface area contributed by atoms with E-state index in [-0.39, 0.29) is 11.4 Å². The van der Waals surface area contributed by atoms with Gasteiger partial charge in [-0.05, 0) is 24.4 Å². The van der Waals surface area contributed by atoms with Crippen LogP contribution in [0.3, 0.4) is 0 Å². The summed E-state index contributed by atoms with van der Waals surface area (Å²) >= 11 is 4.92. The van der Waals surface area contributed by atoms with Gasteiger partial charge in [0.2, 0.25) is 5.11 Å². The van der Waals surface area contributed by atoms with Crippen LogP contribution in [0.2, 0.25) is 0 Å². The molecule has 0 aromatic heterocycles. The van der Waals surface area contributed by atoms with Gasteiger partial charge in [-0.1, -0.05) is 6.08 Å². The third-order valence-electron chi connectivity index (χ3n) is 2.03. The van der Waals surface area contributed by atoms with E-state index in [1.165, 1.54) is 24.4 Å². The number of nitrogens with zero attached hydrogens (tertiary/aromatic N) is 1. The molecule has 4 N–H and O–H groups in total. The Hall–Kier alpha value is -2.48. The van der Waals surface area contributed by atoms with Crippen molar-refractivity contribution in [3.63, 3.8) is 0 Å². The molecule has 0 aliphatic heterocycles. The van der Waals surface area contributed by atoms with Gasteiger partial charge in [0.15, 0.2) is 12.0 Å². The third kappa shape index (κ3) is 4.72. The summed E-state index contributed by atoms with van der Waals surface area (Å²) in [5, 5.41) is 25.8. The van der Waals surface area contributed by atoms with Gasteiger partial charge in [0.1, 0.15) is 0 Å². The number of benzene rings is 1. The van der Waals surface area contributed by atoms with E-state index in [4.69, 9.17) is 12.2 Å². The topological polar surface area (TPSA) is 101 Å². The maximum absolute atomic E-state index is 10.6. The Morgan fingerprint density at radius 2 is 2.37 bits per heavy atom. The molecule has 1 aromatic rings. The molecule has 0 amide bonds. The molecule has 1 rings (SSSR count). The van der Waals surface area contributed by atoms with E-state index < -0.39 is 4.92 Å². The molecule has 0 radical (unpaired) electrons. The Bertz CT molecular complexity index is 531. The second-order valence-electron chi connectivity index (χ2n) is 3.42. The first-order valence-electron chi connectivity index (χ1n) is 5.25. The van der Waals surface area contributed by atoms with Crippen molar-refractivity contribution < 1.29 is 15.1 Å². The second kappa shape index (κ2) is 7.07. The average molecular weight is 281 g/mol. The van der Waals surface area contributed by atoms with E-state index in [0.29, 0.717) is 17.2 Å². The van der Waals surface area contributed by atoms with Crippen LogP contribution in [0.25, 0.3) is 0 Å². The largest absolute Gasteiger partial charge is 0.502 e. The Morgan fingerprint density at radius 1 is 1.63 bits per heavy atom. The van der Waals surface area contributed by atoms with Gasteiger partial charge < -0.3 is 10.4 Å². The molecular formula is C11H13N4O3S+. The lowest BCUT2D eigenvalue weighted by Gasteiger charge is -1.99. The van der Waals surface area contributed by atoms with Crippen molar-refractivity contribution in [3.8, 4) is 5.75 Å². The van der Waals surface area contributed by atoms with E-state index in [1.54, 1.807) is 6.08 Å². The summed E-state index contributed by atoms with van der Waals surface area (Å²) in [7, 11) is 0. The van der Waals surface area contributed by atoms with E-state index in [0.717, 1.165) is 0 Å². The lowest BCUT2D eigenvalue weighted by atomic mass is 10.2. The average Bonchev–Trinajstić information content (AvgIpc) is 2.38. The van der Waals surface area contributed by atoms with Crippen LogP contribution in [0.5, 0.6) is 5.75 Å². The minimum absolute atomic E-state index is 0.358. The normalized spacial score (nSPS) is 10.1. The van der Waals surface area contributed by atoms with E-state index in [2.05, 4.69) is 22.4 Å². The summed E-state index contributed by atoms with van der Waals surface area (Å²) in [6.07, 6.45) is 3.13. The molecule has 0 unspecified atom stereocenters. The summed E-state index contributed by atoms with van der Waals surface area (Å²) in [5.41, 5.74) is 2.82. The molecule has 1 aromatic carbocycles. The first-order valence-corrected chi connectivity index (χ1v) is 5.66. The van der Waals surface area contributed by atoms with Crippen LogP contribution in [-0.2, 0) is 0 Å². The van der Waals surface area contributed by atoms with Crippen molar-refractivity contribution in [1.82, 2.24) is 10.7 Å². The number of nitro benzene ring substituents is 1. The Balaban J connectivity index is 2.67. The fourth-order valence-electron chi connectivity index (χ4n) is 1.17. The van der Waals surface area contributed by atoms with E-state index in [9.17, 15) is 15.2 Å². The van der Waals surface area contributed by atoms with Gasteiger partial charge in [-0.15, -0.1) is 17.1 Å². The third-order valence-corrected chi connectivity index (χ3v) is 2.27. The second-order valence-corrected chi connectivity index (χ2v) is 3.83. The minimum atomic E-state index is -0.656. The number of phenols is 1. The Morgan fingerprint density at radius 3 is 3.00 bits per heavy atom. The molecule has 0 atom stereocenters. The predicted molar refractivity (Wildman–Crippen MR) is 74.8 cm³/mol. The van der Waals surface area contributed by atoms with E-state index >= 15 is 0 Å². The summed E-state index contributed by atoms with van der Waals surface area (Å²) < 4.78 is 0. The highest BCUT2D eigenvalue weighted by Crippen LogP contribution is 2.25. The van der Waals surface area contributed by atoms with Crippen molar-refractivity contribution in [3.05, 3.63) is 46.5 Å². The number of phenolic OH excluding ortho intramolecular Hbond substituents is 1. The fourth-order valence-corrected chi connectivity index (χ4v) is 1.31. The fraction of sp³-hybridized carbons (Fsp3) is 0.0909. The summed E-state index contributed by atoms with van der Waals surface area (Å²) in [6, 6.07) is 4.02. The summed E-state index contributed by atoms with van der Waals surface area (Å²) in [4.78, 5) is 9.97. The SMILES string of the molecule is C=CCNC(=S)N[NH+]=Cc1ccc(O)c([N+](=O)[O-])c1. The van der Waals surface area contributed by atoms with Crippen LogP contribution in [0, 0.1) is 10.1 Å². The standard InChI is InChI=1S/C11H12N4O3S/c1-2-5-12-11(19)14-13-7-8-3-4-10(16)9(6-8)15(17)18/h2-4,6-7,16H,1,5H2,(H2,12,14,19)/p+1. The Labute approximate surface area is 114 Å². The minimum Gasteiger partial charge on any atom is -0.502 e. The van der Waals surface area contributed by atoms with Crippen molar-refractivity contribution in [2.75, 3.05) is 6.54 Å². The smallest absolute Gasteiger partial charge is 0.311 e. The van der Waals surface area contributed by atoms with Crippen LogP contribution in [0.4, 0.5) is 5.69 Å². The monoisotopic (exact) mass is 281 g/mol. The van der Waals surface area contributed by atoms with Crippen LogP contribution in [0.15, 0.2) is 30.9 Å². The van der Waals surface area contributed by atoms with Crippen molar-refractivity contribution >= 4 is 29.2 Å². The highest BCUT2D eigenvalue weighted by molar-refractivity contribution is 7.80. The zero-order chi connectivity index (χ0) is 14.3. The van der Waals surface area contributed by atoms with Crippen LogP contribution < -0.4 is 15.8 Å². The van der Waals surface area contributed by atoms with Gasteiger partial charge in [-0.3, -0.25) is 10.1 Å². The molecule has 0 heterocycles. The highest BCUT2D eigenvalue weighted by Gasteiger charge is 2.13. The van der Waals surface area contributed by atoms with Gasteiger partial charge in [0.05, 0.1) is 4.92 Å².